The first-order valence-electron chi connectivity index (χ1n) is 7.11. The van der Waals surface area contributed by atoms with E-state index in [0.29, 0.717) is 23.7 Å². The van der Waals surface area contributed by atoms with Crippen molar-refractivity contribution in [3.8, 4) is 11.6 Å². The van der Waals surface area contributed by atoms with Gasteiger partial charge in [0.05, 0.1) is 5.56 Å². The maximum absolute atomic E-state index is 14.1. The molecule has 1 aromatic carbocycles. The number of halogens is 1. The number of rotatable bonds is 5. The lowest BCUT2D eigenvalue weighted by Gasteiger charge is -2.14. The average molecular weight is 289 g/mol. The molecule has 0 aliphatic rings. The monoisotopic (exact) mass is 289 g/mol. The van der Waals surface area contributed by atoms with E-state index in [1.807, 2.05) is 20.8 Å². The first-order chi connectivity index (χ1) is 10.1. The molecule has 0 atom stereocenters. The van der Waals surface area contributed by atoms with Gasteiger partial charge in [-0.25, -0.2) is 9.37 Å². The zero-order valence-electron chi connectivity index (χ0n) is 12.8. The van der Waals surface area contributed by atoms with E-state index >= 15 is 0 Å². The van der Waals surface area contributed by atoms with Crippen molar-refractivity contribution in [2.45, 2.75) is 34.1 Å². The predicted octanol–water partition coefficient (Wildman–Crippen LogP) is 4.02. The van der Waals surface area contributed by atoms with E-state index in [-0.39, 0.29) is 11.6 Å². The molecule has 0 spiro atoms. The maximum atomic E-state index is 14.1. The zero-order valence-corrected chi connectivity index (χ0v) is 12.8. The van der Waals surface area contributed by atoms with Crippen molar-refractivity contribution in [1.82, 2.24) is 9.97 Å². The van der Waals surface area contributed by atoms with Crippen LogP contribution >= 0.6 is 0 Å². The fraction of sp³-hybridized carbons (Fsp3) is 0.375. The van der Waals surface area contributed by atoms with Crippen LogP contribution in [0.1, 0.15) is 30.8 Å². The Kier molecular flexibility index (Phi) is 4.73. The highest BCUT2D eigenvalue weighted by molar-refractivity contribution is 5.49. The molecule has 1 N–H and O–H groups in total. The molecule has 0 unspecified atom stereocenters. The molecular weight excluding hydrogens is 269 g/mol. The average Bonchev–Trinajstić information content (AvgIpc) is 2.48. The molecule has 0 saturated heterocycles. The lowest BCUT2D eigenvalue weighted by atomic mass is 10.2. The van der Waals surface area contributed by atoms with Gasteiger partial charge in [-0.15, -0.1) is 0 Å². The number of hydrogen-bond donors (Lipinski definition) is 1. The van der Waals surface area contributed by atoms with Crippen LogP contribution in [0.25, 0.3) is 0 Å². The van der Waals surface area contributed by atoms with Gasteiger partial charge in [-0.05, 0) is 32.4 Å². The van der Waals surface area contributed by atoms with Gasteiger partial charge >= 0.3 is 0 Å². The van der Waals surface area contributed by atoms with Gasteiger partial charge in [-0.2, -0.15) is 4.98 Å². The Bertz CT molecular complexity index is 644. The SMILES string of the molecule is CCNc1nc(CC)nc(Oc2cccc(C)c2F)c1C. The van der Waals surface area contributed by atoms with Crippen LogP contribution in [0.15, 0.2) is 18.2 Å². The van der Waals surface area contributed by atoms with Crippen molar-refractivity contribution in [3.63, 3.8) is 0 Å². The van der Waals surface area contributed by atoms with Crippen molar-refractivity contribution < 1.29 is 9.13 Å². The van der Waals surface area contributed by atoms with Gasteiger partial charge in [-0.1, -0.05) is 19.1 Å². The highest BCUT2D eigenvalue weighted by atomic mass is 19.1. The summed E-state index contributed by atoms with van der Waals surface area (Å²) in [5, 5.41) is 3.18. The molecule has 112 valence electrons. The van der Waals surface area contributed by atoms with Gasteiger partial charge in [0.15, 0.2) is 11.6 Å². The van der Waals surface area contributed by atoms with E-state index in [0.717, 1.165) is 17.9 Å². The number of aromatic nitrogens is 2. The van der Waals surface area contributed by atoms with E-state index < -0.39 is 0 Å². The van der Waals surface area contributed by atoms with Crippen LogP contribution in [-0.4, -0.2) is 16.5 Å². The third kappa shape index (κ3) is 3.29. The molecule has 2 aromatic rings. The van der Waals surface area contributed by atoms with E-state index in [4.69, 9.17) is 4.74 Å². The molecule has 0 amide bonds. The Hall–Kier alpha value is -2.17. The fourth-order valence-electron chi connectivity index (χ4n) is 1.94. The smallest absolute Gasteiger partial charge is 0.227 e. The number of ether oxygens (including phenoxy) is 1. The van der Waals surface area contributed by atoms with Crippen LogP contribution in [0.4, 0.5) is 10.2 Å². The quantitative estimate of drug-likeness (QED) is 0.903. The van der Waals surface area contributed by atoms with Crippen LogP contribution in [-0.2, 0) is 6.42 Å². The Morgan fingerprint density at radius 2 is 1.95 bits per heavy atom. The summed E-state index contributed by atoms with van der Waals surface area (Å²) in [6, 6.07) is 5.06. The molecule has 5 heteroatoms. The Morgan fingerprint density at radius 1 is 1.19 bits per heavy atom. The van der Waals surface area contributed by atoms with Crippen molar-refractivity contribution in [2.75, 3.05) is 11.9 Å². The molecule has 4 nitrogen and oxygen atoms in total. The summed E-state index contributed by atoms with van der Waals surface area (Å²) < 4.78 is 19.8. The molecule has 0 fully saturated rings. The maximum Gasteiger partial charge on any atom is 0.227 e. The van der Waals surface area contributed by atoms with Crippen LogP contribution in [0.5, 0.6) is 11.6 Å². The lowest BCUT2D eigenvalue weighted by Crippen LogP contribution is -2.07. The van der Waals surface area contributed by atoms with E-state index in [1.54, 1.807) is 25.1 Å². The molecule has 0 radical (unpaired) electrons. The second kappa shape index (κ2) is 6.52. The number of aryl methyl sites for hydroxylation is 2. The van der Waals surface area contributed by atoms with Crippen molar-refractivity contribution in [3.05, 3.63) is 41.0 Å². The van der Waals surface area contributed by atoms with Crippen molar-refractivity contribution >= 4 is 5.82 Å². The summed E-state index contributed by atoms with van der Waals surface area (Å²) in [5.41, 5.74) is 1.32. The molecule has 1 aromatic heterocycles. The summed E-state index contributed by atoms with van der Waals surface area (Å²) >= 11 is 0. The summed E-state index contributed by atoms with van der Waals surface area (Å²) in [4.78, 5) is 8.79. The normalized spacial score (nSPS) is 10.5. The predicted molar refractivity (Wildman–Crippen MR) is 81.5 cm³/mol. The van der Waals surface area contributed by atoms with Crippen molar-refractivity contribution in [1.29, 1.82) is 0 Å². The van der Waals surface area contributed by atoms with Crippen LogP contribution in [0.3, 0.4) is 0 Å². The first-order valence-corrected chi connectivity index (χ1v) is 7.11. The second-order valence-corrected chi connectivity index (χ2v) is 4.79. The van der Waals surface area contributed by atoms with E-state index in [2.05, 4.69) is 15.3 Å². The van der Waals surface area contributed by atoms with Gasteiger partial charge in [0.25, 0.3) is 0 Å². The molecular formula is C16H20FN3O. The number of hydrogen-bond acceptors (Lipinski definition) is 4. The minimum atomic E-state index is -0.362. The largest absolute Gasteiger partial charge is 0.435 e. The number of benzene rings is 1. The standard InChI is InChI=1S/C16H20FN3O/c1-5-13-19-15(18-6-2)11(4)16(20-13)21-12-9-7-8-10(3)14(12)17/h7-9H,5-6H2,1-4H3,(H,18,19,20). The fourth-order valence-corrected chi connectivity index (χ4v) is 1.94. The highest BCUT2D eigenvalue weighted by Gasteiger charge is 2.14. The van der Waals surface area contributed by atoms with Gasteiger partial charge in [0, 0.05) is 13.0 Å². The zero-order chi connectivity index (χ0) is 15.4. The van der Waals surface area contributed by atoms with Crippen LogP contribution in [0, 0.1) is 19.7 Å². The lowest BCUT2D eigenvalue weighted by molar-refractivity contribution is 0.420. The summed E-state index contributed by atoms with van der Waals surface area (Å²) in [7, 11) is 0. The highest BCUT2D eigenvalue weighted by Crippen LogP contribution is 2.29. The van der Waals surface area contributed by atoms with Crippen LogP contribution in [0.2, 0.25) is 0 Å². The topological polar surface area (TPSA) is 47.0 Å². The molecule has 0 aliphatic carbocycles. The first kappa shape index (κ1) is 15.2. The summed E-state index contributed by atoms with van der Waals surface area (Å²) in [5.74, 6) is 1.61. The van der Waals surface area contributed by atoms with Gasteiger partial charge in [0.1, 0.15) is 11.6 Å². The van der Waals surface area contributed by atoms with Gasteiger partial charge < -0.3 is 10.1 Å². The minimum absolute atomic E-state index is 0.182. The molecule has 0 bridgehead atoms. The minimum Gasteiger partial charge on any atom is -0.435 e. The van der Waals surface area contributed by atoms with Crippen LogP contribution < -0.4 is 10.1 Å². The van der Waals surface area contributed by atoms with Gasteiger partial charge in [0.2, 0.25) is 5.88 Å². The molecule has 2 rings (SSSR count). The second-order valence-electron chi connectivity index (χ2n) is 4.79. The number of nitrogens with zero attached hydrogens (tertiary/aromatic N) is 2. The van der Waals surface area contributed by atoms with Crippen molar-refractivity contribution in [2.24, 2.45) is 0 Å². The van der Waals surface area contributed by atoms with Gasteiger partial charge in [-0.3, -0.25) is 0 Å². The summed E-state index contributed by atoms with van der Waals surface area (Å²) in [6.45, 7) is 8.28. The summed E-state index contributed by atoms with van der Waals surface area (Å²) in [6.07, 6.45) is 0.686. The Balaban J connectivity index is 2.43. The van der Waals surface area contributed by atoms with E-state index in [9.17, 15) is 4.39 Å². The molecule has 0 aliphatic heterocycles. The molecule has 1 heterocycles. The third-order valence-electron chi connectivity index (χ3n) is 3.17. The molecule has 21 heavy (non-hydrogen) atoms. The number of anilines is 1. The number of nitrogens with one attached hydrogen (secondary N) is 1. The Morgan fingerprint density at radius 3 is 2.62 bits per heavy atom. The third-order valence-corrected chi connectivity index (χ3v) is 3.17. The van der Waals surface area contributed by atoms with E-state index in [1.165, 1.54) is 0 Å². The Labute approximate surface area is 124 Å². The molecule has 0 saturated carbocycles.